The summed E-state index contributed by atoms with van der Waals surface area (Å²) >= 11 is 0. The molecule has 2 unspecified atom stereocenters. The van der Waals surface area contributed by atoms with E-state index in [1.807, 2.05) is 7.11 Å². The number of fused-ring (bicyclic) bond motifs is 1. The van der Waals surface area contributed by atoms with Gasteiger partial charge in [0.05, 0.1) is 6.61 Å². The summed E-state index contributed by atoms with van der Waals surface area (Å²) < 4.78 is 5.90. The van der Waals surface area contributed by atoms with Crippen molar-refractivity contribution in [3.63, 3.8) is 0 Å². The standard InChI is InChI=1S/C32H39NO/c1-4-5-19-33-25(2)22-32(24-34-3)23-29(21-27-15-10-7-11-16-27)31-28(17-12-18-30(31)32)20-26-13-8-6-9-14-26/h6-18,23,25,33H,4-5,19-22,24H2,1-3H3. The molecule has 0 saturated heterocycles. The first-order chi connectivity index (χ1) is 16.6. The number of rotatable bonds is 12. The summed E-state index contributed by atoms with van der Waals surface area (Å²) in [6.07, 6.45) is 7.90. The topological polar surface area (TPSA) is 21.3 Å². The Labute approximate surface area is 206 Å². The van der Waals surface area contributed by atoms with Gasteiger partial charge in [-0.15, -0.1) is 0 Å². The minimum Gasteiger partial charge on any atom is -0.383 e. The molecule has 1 aliphatic carbocycles. The number of methoxy groups -OCH3 is 1. The van der Waals surface area contributed by atoms with E-state index in [1.54, 1.807) is 0 Å². The van der Waals surface area contributed by atoms with Gasteiger partial charge in [0.25, 0.3) is 0 Å². The van der Waals surface area contributed by atoms with Crippen molar-refractivity contribution in [2.24, 2.45) is 0 Å². The number of benzene rings is 3. The number of ether oxygens (including phenoxy) is 1. The highest BCUT2D eigenvalue weighted by atomic mass is 16.5. The molecule has 0 amide bonds. The summed E-state index contributed by atoms with van der Waals surface area (Å²) in [4.78, 5) is 0. The highest BCUT2D eigenvalue weighted by Crippen LogP contribution is 2.46. The molecule has 0 saturated carbocycles. The van der Waals surface area contributed by atoms with E-state index in [2.05, 4.69) is 104 Å². The lowest BCUT2D eigenvalue weighted by Gasteiger charge is -2.32. The van der Waals surface area contributed by atoms with E-state index in [0.717, 1.165) is 25.8 Å². The smallest absolute Gasteiger partial charge is 0.0595 e. The van der Waals surface area contributed by atoms with Gasteiger partial charge in [-0.25, -0.2) is 0 Å². The van der Waals surface area contributed by atoms with E-state index in [9.17, 15) is 0 Å². The lowest BCUT2D eigenvalue weighted by molar-refractivity contribution is 0.142. The predicted octanol–water partition coefficient (Wildman–Crippen LogP) is 6.97. The van der Waals surface area contributed by atoms with Crippen LogP contribution < -0.4 is 5.32 Å². The van der Waals surface area contributed by atoms with Crippen molar-refractivity contribution in [3.05, 3.63) is 113 Å². The van der Waals surface area contributed by atoms with E-state index < -0.39 is 0 Å². The summed E-state index contributed by atoms with van der Waals surface area (Å²) in [6.45, 7) is 6.34. The van der Waals surface area contributed by atoms with Crippen molar-refractivity contribution in [3.8, 4) is 0 Å². The maximum absolute atomic E-state index is 5.90. The molecule has 0 aliphatic heterocycles. The Morgan fingerprint density at radius 1 is 0.853 bits per heavy atom. The fourth-order valence-electron chi connectivity index (χ4n) is 5.54. The molecule has 2 nitrogen and oxygen atoms in total. The second kappa shape index (κ2) is 11.6. The number of unbranched alkanes of at least 4 members (excludes halogenated alkanes) is 1. The lowest BCUT2D eigenvalue weighted by Crippen LogP contribution is -2.38. The molecule has 3 aromatic rings. The highest BCUT2D eigenvalue weighted by Gasteiger charge is 2.40. The molecule has 0 fully saturated rings. The molecule has 1 aliphatic rings. The van der Waals surface area contributed by atoms with Crippen LogP contribution in [0, 0.1) is 0 Å². The maximum atomic E-state index is 5.90. The average Bonchev–Trinajstić information content (AvgIpc) is 3.14. The van der Waals surface area contributed by atoms with Crippen LogP contribution in [0.4, 0.5) is 0 Å². The quantitative estimate of drug-likeness (QED) is 0.299. The fourth-order valence-corrected chi connectivity index (χ4v) is 5.54. The van der Waals surface area contributed by atoms with Crippen molar-refractivity contribution in [2.75, 3.05) is 20.3 Å². The molecule has 4 rings (SSSR count). The summed E-state index contributed by atoms with van der Waals surface area (Å²) in [5.41, 5.74) is 8.32. The molecule has 0 heterocycles. The Kier molecular flexibility index (Phi) is 8.37. The van der Waals surface area contributed by atoms with Gasteiger partial charge in [-0.1, -0.05) is 98.3 Å². The molecule has 34 heavy (non-hydrogen) atoms. The zero-order chi connectivity index (χ0) is 23.8. The molecule has 0 radical (unpaired) electrons. The monoisotopic (exact) mass is 453 g/mol. The van der Waals surface area contributed by atoms with Crippen LogP contribution >= 0.6 is 0 Å². The van der Waals surface area contributed by atoms with Gasteiger partial charge in [-0.3, -0.25) is 0 Å². The van der Waals surface area contributed by atoms with Crippen molar-refractivity contribution in [2.45, 2.75) is 57.4 Å². The molecular formula is C32H39NO. The second-order valence-electron chi connectivity index (χ2n) is 9.84. The SMILES string of the molecule is CCCCNC(C)CC1(COC)C=C(Cc2ccccc2)c2c(Cc3ccccc3)cccc21. The third-order valence-corrected chi connectivity index (χ3v) is 7.03. The zero-order valence-corrected chi connectivity index (χ0v) is 21.0. The summed E-state index contributed by atoms with van der Waals surface area (Å²) in [7, 11) is 1.84. The van der Waals surface area contributed by atoms with Gasteiger partial charge in [0.1, 0.15) is 0 Å². The van der Waals surface area contributed by atoms with Gasteiger partial charge in [0, 0.05) is 18.6 Å². The van der Waals surface area contributed by atoms with Gasteiger partial charge in [0.2, 0.25) is 0 Å². The molecule has 0 bridgehead atoms. The van der Waals surface area contributed by atoms with E-state index >= 15 is 0 Å². The molecule has 2 heteroatoms. The lowest BCUT2D eigenvalue weighted by atomic mass is 9.77. The molecule has 0 aromatic heterocycles. The third kappa shape index (κ3) is 5.68. The van der Waals surface area contributed by atoms with Crippen molar-refractivity contribution >= 4 is 5.57 Å². The van der Waals surface area contributed by atoms with Gasteiger partial charge in [-0.2, -0.15) is 0 Å². The zero-order valence-electron chi connectivity index (χ0n) is 21.0. The van der Waals surface area contributed by atoms with Crippen LogP contribution in [-0.4, -0.2) is 26.3 Å². The molecule has 3 aromatic carbocycles. The maximum Gasteiger partial charge on any atom is 0.0595 e. The van der Waals surface area contributed by atoms with Gasteiger partial charge < -0.3 is 10.1 Å². The van der Waals surface area contributed by atoms with Crippen LogP contribution in [0.25, 0.3) is 5.57 Å². The predicted molar refractivity (Wildman–Crippen MR) is 144 cm³/mol. The summed E-state index contributed by atoms with van der Waals surface area (Å²) in [6, 6.07) is 29.0. The van der Waals surface area contributed by atoms with Gasteiger partial charge in [0.15, 0.2) is 0 Å². The number of hydrogen-bond donors (Lipinski definition) is 1. The molecular weight excluding hydrogens is 414 g/mol. The van der Waals surface area contributed by atoms with Crippen LogP contribution in [-0.2, 0) is 23.0 Å². The fraction of sp³-hybridized carbons (Fsp3) is 0.375. The number of nitrogens with one attached hydrogen (secondary N) is 1. The largest absolute Gasteiger partial charge is 0.383 e. The van der Waals surface area contributed by atoms with E-state index in [0.29, 0.717) is 12.6 Å². The van der Waals surface area contributed by atoms with Crippen molar-refractivity contribution < 1.29 is 4.74 Å². The van der Waals surface area contributed by atoms with Crippen LogP contribution in [0.15, 0.2) is 84.9 Å². The Morgan fingerprint density at radius 3 is 2.18 bits per heavy atom. The van der Waals surface area contributed by atoms with Crippen LogP contribution in [0.2, 0.25) is 0 Å². The van der Waals surface area contributed by atoms with Crippen molar-refractivity contribution in [1.82, 2.24) is 5.32 Å². The summed E-state index contributed by atoms with van der Waals surface area (Å²) in [5, 5.41) is 3.76. The number of allylic oxidation sites excluding steroid dienone is 1. The highest BCUT2D eigenvalue weighted by molar-refractivity contribution is 5.80. The summed E-state index contributed by atoms with van der Waals surface area (Å²) in [5.74, 6) is 0. The second-order valence-corrected chi connectivity index (χ2v) is 9.84. The van der Waals surface area contributed by atoms with Crippen LogP contribution in [0.3, 0.4) is 0 Å². The van der Waals surface area contributed by atoms with E-state index in [-0.39, 0.29) is 5.41 Å². The van der Waals surface area contributed by atoms with E-state index in [1.165, 1.54) is 46.2 Å². The third-order valence-electron chi connectivity index (χ3n) is 7.03. The van der Waals surface area contributed by atoms with E-state index in [4.69, 9.17) is 4.74 Å². The molecule has 0 spiro atoms. The first-order valence-electron chi connectivity index (χ1n) is 12.8. The Balaban J connectivity index is 1.75. The molecule has 2 atom stereocenters. The normalized spacial score (nSPS) is 17.9. The number of hydrogen-bond acceptors (Lipinski definition) is 2. The minimum atomic E-state index is -0.112. The average molecular weight is 454 g/mol. The first-order valence-corrected chi connectivity index (χ1v) is 12.8. The Hall–Kier alpha value is -2.68. The Bertz CT molecular complexity index is 1070. The van der Waals surface area contributed by atoms with Crippen LogP contribution in [0.5, 0.6) is 0 Å². The van der Waals surface area contributed by atoms with Crippen molar-refractivity contribution in [1.29, 1.82) is 0 Å². The Morgan fingerprint density at radius 2 is 1.53 bits per heavy atom. The first kappa shape index (κ1) is 24.4. The molecule has 178 valence electrons. The van der Waals surface area contributed by atoms with Gasteiger partial charge >= 0.3 is 0 Å². The molecule has 1 N–H and O–H groups in total. The van der Waals surface area contributed by atoms with Crippen LogP contribution in [0.1, 0.15) is 60.9 Å². The van der Waals surface area contributed by atoms with Gasteiger partial charge in [-0.05, 0) is 72.5 Å². The minimum absolute atomic E-state index is 0.112.